The highest BCUT2D eigenvalue weighted by molar-refractivity contribution is 5.89. The van der Waals surface area contributed by atoms with Gasteiger partial charge in [0.25, 0.3) is 0 Å². The fourth-order valence-corrected chi connectivity index (χ4v) is 3.37. The van der Waals surface area contributed by atoms with E-state index in [2.05, 4.69) is 18.2 Å². The van der Waals surface area contributed by atoms with E-state index in [1.807, 2.05) is 59.3 Å². The number of carbonyl (C=O) groups is 1. The van der Waals surface area contributed by atoms with Crippen molar-refractivity contribution in [3.05, 3.63) is 107 Å². The molecule has 0 unspecified atom stereocenters. The maximum absolute atomic E-state index is 11.7. The van der Waals surface area contributed by atoms with E-state index in [0.29, 0.717) is 12.1 Å². The maximum atomic E-state index is 11.7. The first-order valence-corrected chi connectivity index (χ1v) is 9.76. The number of nitrogen functional groups attached to an aromatic ring is 1. The summed E-state index contributed by atoms with van der Waals surface area (Å²) in [7, 11) is 1.38. The lowest BCUT2D eigenvalue weighted by molar-refractivity contribution is 0.0600. The van der Waals surface area contributed by atoms with Crippen LogP contribution in [0.1, 0.15) is 27.2 Å². The second kappa shape index (κ2) is 8.66. The Kier molecular flexibility index (Phi) is 5.61. The van der Waals surface area contributed by atoms with Crippen molar-refractivity contribution < 1.29 is 9.53 Å². The molecule has 0 aliphatic carbocycles. The normalized spacial score (nSPS) is 10.7. The number of rotatable bonds is 6. The number of nitrogens with zero attached hydrogens (tertiary/aromatic N) is 2. The third-order valence-electron chi connectivity index (χ3n) is 5.01. The minimum atomic E-state index is -0.337. The summed E-state index contributed by atoms with van der Waals surface area (Å²) in [6.45, 7) is 0.610. The first-order valence-electron chi connectivity index (χ1n) is 9.76. The van der Waals surface area contributed by atoms with Crippen LogP contribution in [0.4, 0.5) is 5.69 Å². The van der Waals surface area contributed by atoms with Crippen LogP contribution in [-0.4, -0.2) is 22.9 Å². The highest BCUT2D eigenvalue weighted by Gasteiger charge is 2.12. The van der Waals surface area contributed by atoms with Crippen molar-refractivity contribution >= 4 is 11.7 Å². The molecule has 1 aromatic heterocycles. The third-order valence-corrected chi connectivity index (χ3v) is 5.01. The van der Waals surface area contributed by atoms with Crippen LogP contribution in [0.2, 0.25) is 0 Å². The standard InChI is InChI=1S/C25H23N3O2/c1-30-25(29)21-9-7-19(8-10-21)17-28-23(15-18-5-3-2-4-6-18)16-24(27-28)20-11-13-22(26)14-12-20/h2-14,16H,15,17,26H2,1H3. The second-order valence-corrected chi connectivity index (χ2v) is 7.15. The number of nitrogens with two attached hydrogens (primary N) is 1. The molecular formula is C25H23N3O2. The Morgan fingerprint density at radius 3 is 2.30 bits per heavy atom. The summed E-state index contributed by atoms with van der Waals surface area (Å²) in [6, 6.07) is 27.6. The number of ether oxygens (including phenoxy) is 1. The highest BCUT2D eigenvalue weighted by atomic mass is 16.5. The number of carbonyl (C=O) groups excluding carboxylic acids is 1. The fourth-order valence-electron chi connectivity index (χ4n) is 3.37. The van der Waals surface area contributed by atoms with Gasteiger partial charge in [0.15, 0.2) is 0 Å². The van der Waals surface area contributed by atoms with Crippen LogP contribution < -0.4 is 5.73 Å². The van der Waals surface area contributed by atoms with E-state index >= 15 is 0 Å². The Morgan fingerprint density at radius 1 is 0.933 bits per heavy atom. The van der Waals surface area contributed by atoms with Gasteiger partial charge in [0, 0.05) is 23.4 Å². The van der Waals surface area contributed by atoms with E-state index in [4.69, 9.17) is 15.6 Å². The topological polar surface area (TPSA) is 70.1 Å². The van der Waals surface area contributed by atoms with Gasteiger partial charge in [-0.2, -0.15) is 5.10 Å². The Bertz CT molecular complexity index is 1130. The van der Waals surface area contributed by atoms with E-state index in [-0.39, 0.29) is 5.97 Å². The van der Waals surface area contributed by atoms with E-state index in [9.17, 15) is 4.79 Å². The van der Waals surface area contributed by atoms with Crippen LogP contribution in [0.3, 0.4) is 0 Å². The van der Waals surface area contributed by atoms with E-state index in [1.54, 1.807) is 12.1 Å². The van der Waals surface area contributed by atoms with Gasteiger partial charge >= 0.3 is 5.97 Å². The van der Waals surface area contributed by atoms with Crippen molar-refractivity contribution in [2.24, 2.45) is 0 Å². The molecule has 150 valence electrons. The zero-order chi connectivity index (χ0) is 20.9. The van der Waals surface area contributed by atoms with Gasteiger partial charge in [0.1, 0.15) is 0 Å². The monoisotopic (exact) mass is 397 g/mol. The average molecular weight is 397 g/mol. The number of anilines is 1. The largest absolute Gasteiger partial charge is 0.465 e. The molecule has 0 radical (unpaired) electrons. The molecule has 0 saturated carbocycles. The average Bonchev–Trinajstić information content (AvgIpc) is 3.17. The molecule has 4 aromatic rings. The van der Waals surface area contributed by atoms with Crippen molar-refractivity contribution in [1.29, 1.82) is 0 Å². The minimum absolute atomic E-state index is 0.337. The lowest BCUT2D eigenvalue weighted by Gasteiger charge is -2.08. The fraction of sp³-hybridized carbons (Fsp3) is 0.120. The van der Waals surface area contributed by atoms with Crippen LogP contribution in [0.5, 0.6) is 0 Å². The predicted molar refractivity (Wildman–Crippen MR) is 118 cm³/mol. The molecule has 0 aliphatic heterocycles. The van der Waals surface area contributed by atoms with Gasteiger partial charge < -0.3 is 10.5 Å². The van der Waals surface area contributed by atoms with Crippen molar-refractivity contribution in [2.75, 3.05) is 12.8 Å². The Labute approximate surface area is 175 Å². The van der Waals surface area contributed by atoms with Crippen LogP contribution in [0.25, 0.3) is 11.3 Å². The van der Waals surface area contributed by atoms with Crippen LogP contribution in [-0.2, 0) is 17.7 Å². The molecule has 0 atom stereocenters. The molecule has 5 nitrogen and oxygen atoms in total. The summed E-state index contributed by atoms with van der Waals surface area (Å²) in [6.07, 6.45) is 0.781. The summed E-state index contributed by atoms with van der Waals surface area (Å²) in [5.41, 5.74) is 12.4. The van der Waals surface area contributed by atoms with Gasteiger partial charge in [-0.05, 0) is 41.5 Å². The lowest BCUT2D eigenvalue weighted by Crippen LogP contribution is -2.08. The summed E-state index contributed by atoms with van der Waals surface area (Å²) < 4.78 is 6.79. The van der Waals surface area contributed by atoms with E-state index in [1.165, 1.54) is 12.7 Å². The van der Waals surface area contributed by atoms with Gasteiger partial charge in [-0.3, -0.25) is 4.68 Å². The summed E-state index contributed by atoms with van der Waals surface area (Å²) >= 11 is 0. The minimum Gasteiger partial charge on any atom is -0.465 e. The molecule has 30 heavy (non-hydrogen) atoms. The molecule has 4 rings (SSSR count). The quantitative estimate of drug-likeness (QED) is 0.383. The number of hydrogen-bond acceptors (Lipinski definition) is 4. The summed E-state index contributed by atoms with van der Waals surface area (Å²) in [5, 5.41) is 4.86. The number of esters is 1. The number of methoxy groups -OCH3 is 1. The molecule has 2 N–H and O–H groups in total. The summed E-state index contributed by atoms with van der Waals surface area (Å²) in [5.74, 6) is -0.337. The maximum Gasteiger partial charge on any atom is 0.337 e. The lowest BCUT2D eigenvalue weighted by atomic mass is 10.1. The molecule has 0 aliphatic rings. The first-order chi connectivity index (χ1) is 14.6. The second-order valence-electron chi connectivity index (χ2n) is 7.15. The number of benzene rings is 3. The molecule has 0 fully saturated rings. The molecule has 3 aromatic carbocycles. The predicted octanol–water partition coefficient (Wildman–Crippen LogP) is 4.56. The zero-order valence-corrected chi connectivity index (χ0v) is 16.8. The molecule has 1 heterocycles. The van der Waals surface area contributed by atoms with Crippen molar-refractivity contribution in [3.8, 4) is 11.3 Å². The third kappa shape index (κ3) is 4.41. The van der Waals surface area contributed by atoms with Crippen LogP contribution >= 0.6 is 0 Å². The first kappa shape index (κ1) is 19.5. The van der Waals surface area contributed by atoms with E-state index in [0.717, 1.165) is 34.6 Å². The Morgan fingerprint density at radius 2 is 1.63 bits per heavy atom. The zero-order valence-electron chi connectivity index (χ0n) is 16.8. The smallest absolute Gasteiger partial charge is 0.337 e. The van der Waals surface area contributed by atoms with Gasteiger partial charge in [0.2, 0.25) is 0 Å². The van der Waals surface area contributed by atoms with Crippen molar-refractivity contribution in [2.45, 2.75) is 13.0 Å². The summed E-state index contributed by atoms with van der Waals surface area (Å²) in [4.78, 5) is 11.7. The van der Waals surface area contributed by atoms with Crippen LogP contribution in [0, 0.1) is 0 Å². The highest BCUT2D eigenvalue weighted by Crippen LogP contribution is 2.23. The molecule has 5 heteroatoms. The molecule has 0 spiro atoms. The Balaban J connectivity index is 1.65. The van der Waals surface area contributed by atoms with Gasteiger partial charge in [-0.25, -0.2) is 4.79 Å². The van der Waals surface area contributed by atoms with Gasteiger partial charge in [-0.1, -0.05) is 54.6 Å². The molecule has 0 saturated heterocycles. The van der Waals surface area contributed by atoms with Crippen molar-refractivity contribution in [1.82, 2.24) is 9.78 Å². The van der Waals surface area contributed by atoms with Crippen LogP contribution in [0.15, 0.2) is 84.9 Å². The SMILES string of the molecule is COC(=O)c1ccc(Cn2nc(-c3ccc(N)cc3)cc2Cc2ccccc2)cc1. The number of hydrogen-bond donors (Lipinski definition) is 1. The molecule has 0 bridgehead atoms. The van der Waals surface area contributed by atoms with E-state index < -0.39 is 0 Å². The molecular weight excluding hydrogens is 374 g/mol. The Hall–Kier alpha value is -3.86. The molecule has 0 amide bonds. The van der Waals surface area contributed by atoms with Crippen molar-refractivity contribution in [3.63, 3.8) is 0 Å². The van der Waals surface area contributed by atoms with Gasteiger partial charge in [0.05, 0.1) is 24.9 Å². The number of aromatic nitrogens is 2. The van der Waals surface area contributed by atoms with Gasteiger partial charge in [-0.15, -0.1) is 0 Å².